The summed E-state index contributed by atoms with van der Waals surface area (Å²) in [7, 11) is 0. The van der Waals surface area contributed by atoms with Crippen LogP contribution in [0.3, 0.4) is 0 Å². The van der Waals surface area contributed by atoms with Crippen molar-refractivity contribution >= 4 is 11.9 Å². The van der Waals surface area contributed by atoms with Crippen molar-refractivity contribution in [3.63, 3.8) is 0 Å². The van der Waals surface area contributed by atoms with Crippen molar-refractivity contribution in [1.82, 2.24) is 0 Å². The van der Waals surface area contributed by atoms with Crippen molar-refractivity contribution < 1.29 is 19.4 Å². The molecule has 2 rings (SSSR count). The molecule has 0 aromatic rings. The van der Waals surface area contributed by atoms with Gasteiger partial charge >= 0.3 is 11.9 Å². The van der Waals surface area contributed by atoms with Crippen LogP contribution in [0.15, 0.2) is 0 Å². The summed E-state index contributed by atoms with van der Waals surface area (Å²) in [6.07, 6.45) is 3.01. The van der Waals surface area contributed by atoms with E-state index >= 15 is 0 Å². The molecule has 3 atom stereocenters. The zero-order valence-corrected chi connectivity index (χ0v) is 10.7. The first-order valence-corrected chi connectivity index (χ1v) is 6.19. The van der Waals surface area contributed by atoms with Gasteiger partial charge < -0.3 is 9.84 Å². The lowest BCUT2D eigenvalue weighted by atomic mass is 9.99. The molecule has 2 saturated carbocycles. The summed E-state index contributed by atoms with van der Waals surface area (Å²) in [6, 6.07) is 0. The molecule has 0 saturated heterocycles. The molecule has 0 aromatic heterocycles. The van der Waals surface area contributed by atoms with Gasteiger partial charge in [0.25, 0.3) is 0 Å². The Morgan fingerprint density at radius 3 is 2.41 bits per heavy atom. The molecule has 2 fully saturated rings. The Balaban J connectivity index is 1.92. The molecular formula is C13H20O4. The SMILES string of the molecule is CC(C)(C)OC(=O)C1CC12CCC(C(=O)O)C2. The second-order valence-corrected chi connectivity index (χ2v) is 6.43. The molecule has 0 heterocycles. The van der Waals surface area contributed by atoms with E-state index in [1.165, 1.54) is 0 Å². The van der Waals surface area contributed by atoms with Gasteiger partial charge in [0.1, 0.15) is 5.60 Å². The fourth-order valence-electron chi connectivity index (χ4n) is 2.92. The second-order valence-electron chi connectivity index (χ2n) is 6.43. The van der Waals surface area contributed by atoms with Gasteiger partial charge in [-0.05, 0) is 51.9 Å². The van der Waals surface area contributed by atoms with Gasteiger partial charge in [0.2, 0.25) is 0 Å². The molecule has 0 aliphatic heterocycles. The van der Waals surface area contributed by atoms with E-state index in [0.717, 1.165) is 12.8 Å². The summed E-state index contributed by atoms with van der Waals surface area (Å²) in [6.45, 7) is 5.57. The number of carboxylic acids is 1. The van der Waals surface area contributed by atoms with Gasteiger partial charge in [-0.3, -0.25) is 9.59 Å². The van der Waals surface area contributed by atoms with Crippen molar-refractivity contribution in [3.05, 3.63) is 0 Å². The Kier molecular flexibility index (Phi) is 2.71. The van der Waals surface area contributed by atoms with Gasteiger partial charge in [-0.25, -0.2) is 0 Å². The summed E-state index contributed by atoms with van der Waals surface area (Å²) in [5, 5.41) is 8.97. The fourth-order valence-corrected chi connectivity index (χ4v) is 2.92. The molecule has 0 bridgehead atoms. The van der Waals surface area contributed by atoms with Crippen molar-refractivity contribution in [2.45, 2.75) is 52.1 Å². The molecule has 0 radical (unpaired) electrons. The molecule has 4 nitrogen and oxygen atoms in total. The maximum absolute atomic E-state index is 11.9. The first kappa shape index (κ1) is 12.4. The number of hydrogen-bond acceptors (Lipinski definition) is 3. The van der Waals surface area contributed by atoms with Crippen LogP contribution in [-0.4, -0.2) is 22.6 Å². The van der Waals surface area contributed by atoms with Crippen molar-refractivity contribution in [1.29, 1.82) is 0 Å². The van der Waals surface area contributed by atoms with Gasteiger partial charge in [-0.15, -0.1) is 0 Å². The number of carbonyl (C=O) groups excluding carboxylic acids is 1. The highest BCUT2D eigenvalue weighted by molar-refractivity contribution is 5.78. The van der Waals surface area contributed by atoms with Crippen molar-refractivity contribution in [2.24, 2.45) is 17.3 Å². The number of aliphatic carboxylic acids is 1. The zero-order chi connectivity index (χ0) is 12.8. The third kappa shape index (κ3) is 2.45. The Hall–Kier alpha value is -1.06. The highest BCUT2D eigenvalue weighted by Crippen LogP contribution is 2.64. The van der Waals surface area contributed by atoms with Gasteiger partial charge in [0.05, 0.1) is 11.8 Å². The van der Waals surface area contributed by atoms with Crippen molar-refractivity contribution in [2.75, 3.05) is 0 Å². The molecule has 1 spiro atoms. The lowest BCUT2D eigenvalue weighted by Gasteiger charge is -2.20. The molecule has 1 N–H and O–H groups in total. The molecule has 2 aliphatic rings. The molecule has 2 aliphatic carbocycles. The van der Waals surface area contributed by atoms with E-state index in [1.54, 1.807) is 0 Å². The molecular weight excluding hydrogens is 220 g/mol. The lowest BCUT2D eigenvalue weighted by molar-refractivity contribution is -0.157. The molecule has 17 heavy (non-hydrogen) atoms. The summed E-state index contributed by atoms with van der Waals surface area (Å²) >= 11 is 0. The quantitative estimate of drug-likeness (QED) is 0.752. The van der Waals surface area contributed by atoms with Gasteiger partial charge in [-0.1, -0.05) is 0 Å². The molecule has 3 unspecified atom stereocenters. The third-order valence-electron chi connectivity index (χ3n) is 3.87. The van der Waals surface area contributed by atoms with Crippen LogP contribution >= 0.6 is 0 Å². The van der Waals surface area contributed by atoms with E-state index < -0.39 is 11.6 Å². The molecule has 0 amide bonds. The normalized spacial score (nSPS) is 35.9. The second kappa shape index (κ2) is 3.72. The first-order chi connectivity index (χ1) is 7.73. The molecule has 96 valence electrons. The Labute approximate surface area is 101 Å². The van der Waals surface area contributed by atoms with E-state index in [9.17, 15) is 9.59 Å². The number of ether oxygens (including phenoxy) is 1. The standard InChI is InChI=1S/C13H20O4/c1-12(2,3)17-11(16)9-7-13(9)5-4-8(6-13)10(14)15/h8-9H,4-7H2,1-3H3,(H,14,15). The van der Waals surface area contributed by atoms with Crippen LogP contribution in [-0.2, 0) is 14.3 Å². The predicted octanol–water partition coefficient (Wildman–Crippen LogP) is 2.22. The summed E-state index contributed by atoms with van der Waals surface area (Å²) in [4.78, 5) is 22.8. The predicted molar refractivity (Wildman–Crippen MR) is 61.4 cm³/mol. The average molecular weight is 240 g/mol. The average Bonchev–Trinajstić information content (AvgIpc) is 2.64. The van der Waals surface area contributed by atoms with E-state index in [4.69, 9.17) is 9.84 Å². The Morgan fingerprint density at radius 1 is 1.29 bits per heavy atom. The van der Waals surface area contributed by atoms with Gasteiger partial charge in [0.15, 0.2) is 0 Å². The van der Waals surface area contributed by atoms with E-state index in [1.807, 2.05) is 20.8 Å². The summed E-state index contributed by atoms with van der Waals surface area (Å²) < 4.78 is 5.36. The number of rotatable bonds is 2. The lowest BCUT2D eigenvalue weighted by Crippen LogP contribution is -2.26. The minimum absolute atomic E-state index is 0.0502. The van der Waals surface area contributed by atoms with E-state index in [-0.39, 0.29) is 23.2 Å². The van der Waals surface area contributed by atoms with Crippen LogP contribution in [0.25, 0.3) is 0 Å². The van der Waals surface area contributed by atoms with E-state index in [0.29, 0.717) is 12.8 Å². The maximum Gasteiger partial charge on any atom is 0.310 e. The smallest absolute Gasteiger partial charge is 0.310 e. The summed E-state index contributed by atoms with van der Waals surface area (Å²) in [5.74, 6) is -1.20. The molecule has 0 aromatic carbocycles. The van der Waals surface area contributed by atoms with Gasteiger partial charge in [-0.2, -0.15) is 0 Å². The number of carbonyl (C=O) groups is 2. The van der Waals surface area contributed by atoms with Crippen LogP contribution in [0, 0.1) is 17.3 Å². The fraction of sp³-hybridized carbons (Fsp3) is 0.846. The van der Waals surface area contributed by atoms with Crippen LogP contribution in [0.1, 0.15) is 46.5 Å². The number of esters is 1. The summed E-state index contributed by atoms with van der Waals surface area (Å²) in [5.41, 5.74) is -0.503. The van der Waals surface area contributed by atoms with E-state index in [2.05, 4.69) is 0 Å². The van der Waals surface area contributed by atoms with Crippen LogP contribution in [0.4, 0.5) is 0 Å². The largest absolute Gasteiger partial charge is 0.481 e. The Morgan fingerprint density at radius 2 is 1.94 bits per heavy atom. The van der Waals surface area contributed by atoms with Crippen LogP contribution in [0.5, 0.6) is 0 Å². The minimum atomic E-state index is -0.725. The topological polar surface area (TPSA) is 63.6 Å². The monoisotopic (exact) mass is 240 g/mol. The highest BCUT2D eigenvalue weighted by Gasteiger charge is 2.62. The minimum Gasteiger partial charge on any atom is -0.481 e. The maximum atomic E-state index is 11.9. The van der Waals surface area contributed by atoms with Crippen LogP contribution < -0.4 is 0 Å². The van der Waals surface area contributed by atoms with Gasteiger partial charge in [0, 0.05) is 0 Å². The number of hydrogen-bond donors (Lipinski definition) is 1. The number of carboxylic acid groups (broad SMARTS) is 1. The zero-order valence-electron chi connectivity index (χ0n) is 10.7. The third-order valence-corrected chi connectivity index (χ3v) is 3.87. The highest BCUT2D eigenvalue weighted by atomic mass is 16.6. The van der Waals surface area contributed by atoms with Crippen molar-refractivity contribution in [3.8, 4) is 0 Å². The van der Waals surface area contributed by atoms with Crippen LogP contribution in [0.2, 0.25) is 0 Å². The first-order valence-electron chi connectivity index (χ1n) is 6.19. The molecule has 4 heteroatoms. The Bertz CT molecular complexity index is 355.